The molecular formula is C8H7NS. The normalized spacial score (nSPS) is 8.80. The monoisotopic (exact) mass is 149 g/mol. The van der Waals surface area contributed by atoms with E-state index in [0.29, 0.717) is 5.71 Å². The average Bonchev–Trinajstić information content (AvgIpc) is 2.05. The van der Waals surface area contributed by atoms with Gasteiger partial charge in [0.25, 0.3) is 0 Å². The first-order valence-corrected chi connectivity index (χ1v) is 3.41. The van der Waals surface area contributed by atoms with Crippen LogP contribution in [0.1, 0.15) is 5.56 Å². The van der Waals surface area contributed by atoms with Crippen LogP contribution >= 0.6 is 12.2 Å². The van der Waals surface area contributed by atoms with Gasteiger partial charge in [-0.2, -0.15) is 0 Å². The highest BCUT2D eigenvalue weighted by Gasteiger charge is 1.92. The van der Waals surface area contributed by atoms with Crippen molar-refractivity contribution in [1.29, 1.82) is 5.41 Å². The van der Waals surface area contributed by atoms with Gasteiger partial charge >= 0.3 is 0 Å². The number of nitrogens with one attached hydrogen (secondary N) is 1. The van der Waals surface area contributed by atoms with Gasteiger partial charge in [0.15, 0.2) is 0 Å². The predicted molar refractivity (Wildman–Crippen MR) is 46.9 cm³/mol. The van der Waals surface area contributed by atoms with Crippen LogP contribution in [0.5, 0.6) is 0 Å². The minimum absolute atomic E-state index is 0.399. The molecule has 0 aliphatic heterocycles. The second-order valence-corrected chi connectivity index (χ2v) is 2.13. The van der Waals surface area contributed by atoms with E-state index in [0.717, 1.165) is 5.56 Å². The first-order chi connectivity index (χ1) is 4.84. The molecule has 0 radical (unpaired) electrons. The molecule has 0 spiro atoms. The molecule has 0 atom stereocenters. The van der Waals surface area contributed by atoms with Gasteiger partial charge in [-0.1, -0.05) is 42.5 Å². The molecular weight excluding hydrogens is 142 g/mol. The van der Waals surface area contributed by atoms with E-state index in [2.05, 4.69) is 12.2 Å². The Morgan fingerprint density at radius 1 is 1.30 bits per heavy atom. The molecule has 0 saturated carbocycles. The molecule has 50 valence electrons. The maximum absolute atomic E-state index is 7.32. The third-order valence-electron chi connectivity index (χ3n) is 1.20. The zero-order valence-corrected chi connectivity index (χ0v) is 6.19. The second kappa shape index (κ2) is 3.22. The van der Waals surface area contributed by atoms with Crippen LogP contribution in [0.25, 0.3) is 0 Å². The quantitative estimate of drug-likeness (QED) is 0.505. The Bertz CT molecular complexity index is 241. The molecule has 0 bridgehead atoms. The van der Waals surface area contributed by atoms with Gasteiger partial charge in [0.1, 0.15) is 0 Å². The van der Waals surface area contributed by atoms with Crippen LogP contribution in [0.15, 0.2) is 30.3 Å². The molecule has 10 heavy (non-hydrogen) atoms. The maximum Gasteiger partial charge on any atom is 0.0719 e. The van der Waals surface area contributed by atoms with Crippen LogP contribution in [-0.4, -0.2) is 11.1 Å². The lowest BCUT2D eigenvalue weighted by Gasteiger charge is -1.93. The van der Waals surface area contributed by atoms with Crippen molar-refractivity contribution in [1.82, 2.24) is 0 Å². The summed E-state index contributed by atoms with van der Waals surface area (Å²) in [7, 11) is 0. The van der Waals surface area contributed by atoms with E-state index >= 15 is 0 Å². The van der Waals surface area contributed by atoms with Gasteiger partial charge in [-0.15, -0.1) is 0 Å². The van der Waals surface area contributed by atoms with Gasteiger partial charge in [0.2, 0.25) is 0 Å². The standard InChI is InChI=1S/C8H7NS/c9-8(6-10)7-4-2-1-3-5-7/h1-6,9H. The fourth-order valence-electron chi connectivity index (χ4n) is 0.686. The molecule has 0 fully saturated rings. The fourth-order valence-corrected chi connectivity index (χ4v) is 0.822. The van der Waals surface area contributed by atoms with E-state index in [-0.39, 0.29) is 0 Å². The van der Waals surface area contributed by atoms with Crippen LogP contribution in [-0.2, 0) is 0 Å². The van der Waals surface area contributed by atoms with Crippen LogP contribution < -0.4 is 0 Å². The largest absolute Gasteiger partial charge is 0.299 e. The van der Waals surface area contributed by atoms with Crippen molar-refractivity contribution in [3.05, 3.63) is 35.9 Å². The third kappa shape index (κ3) is 1.48. The first-order valence-electron chi connectivity index (χ1n) is 2.94. The van der Waals surface area contributed by atoms with Crippen molar-refractivity contribution in [2.45, 2.75) is 0 Å². The Morgan fingerprint density at radius 3 is 2.40 bits per heavy atom. The lowest BCUT2D eigenvalue weighted by atomic mass is 10.1. The zero-order valence-electron chi connectivity index (χ0n) is 5.37. The minimum Gasteiger partial charge on any atom is -0.299 e. The van der Waals surface area contributed by atoms with Crippen LogP contribution in [0, 0.1) is 5.41 Å². The Kier molecular flexibility index (Phi) is 2.29. The highest BCUT2D eigenvalue weighted by atomic mass is 32.1. The number of hydrogen-bond acceptors (Lipinski definition) is 2. The average molecular weight is 149 g/mol. The molecule has 1 N–H and O–H groups in total. The third-order valence-corrected chi connectivity index (χ3v) is 1.44. The molecule has 0 heterocycles. The predicted octanol–water partition coefficient (Wildman–Crippen LogP) is 2.05. The summed E-state index contributed by atoms with van der Waals surface area (Å²) in [4.78, 5) is 0. The molecule has 1 aromatic rings. The van der Waals surface area contributed by atoms with Gasteiger partial charge in [0, 0.05) is 10.9 Å². The molecule has 1 rings (SSSR count). The van der Waals surface area contributed by atoms with Gasteiger partial charge in [0.05, 0.1) is 5.71 Å². The zero-order chi connectivity index (χ0) is 7.40. The molecule has 2 heteroatoms. The number of rotatable bonds is 2. The number of thiocarbonyl (C=S) groups is 1. The molecule has 0 aliphatic carbocycles. The van der Waals surface area contributed by atoms with Crippen molar-refractivity contribution in [2.75, 3.05) is 0 Å². The van der Waals surface area contributed by atoms with E-state index < -0.39 is 0 Å². The summed E-state index contributed by atoms with van der Waals surface area (Å²) in [5.41, 5.74) is 1.27. The Balaban J connectivity index is 2.95. The number of hydrogen-bond donors (Lipinski definition) is 1. The van der Waals surface area contributed by atoms with Crippen LogP contribution in [0.4, 0.5) is 0 Å². The summed E-state index contributed by atoms with van der Waals surface area (Å²) in [6, 6.07) is 9.43. The highest BCUT2D eigenvalue weighted by Crippen LogP contribution is 1.97. The molecule has 1 nitrogen and oxygen atoms in total. The minimum atomic E-state index is 0.399. The summed E-state index contributed by atoms with van der Waals surface area (Å²) in [5.74, 6) is 0. The van der Waals surface area contributed by atoms with Crippen molar-refractivity contribution in [2.24, 2.45) is 0 Å². The lowest BCUT2D eigenvalue weighted by molar-refractivity contribution is 1.52. The van der Waals surface area contributed by atoms with E-state index in [1.165, 1.54) is 5.37 Å². The van der Waals surface area contributed by atoms with Gasteiger partial charge < -0.3 is 0 Å². The van der Waals surface area contributed by atoms with E-state index in [9.17, 15) is 0 Å². The van der Waals surface area contributed by atoms with Gasteiger partial charge in [-0.05, 0) is 0 Å². The molecule has 0 amide bonds. The van der Waals surface area contributed by atoms with Gasteiger partial charge in [-0.25, -0.2) is 0 Å². The summed E-state index contributed by atoms with van der Waals surface area (Å²) in [5, 5.41) is 8.69. The molecule has 0 saturated heterocycles. The van der Waals surface area contributed by atoms with Crippen molar-refractivity contribution in [3.63, 3.8) is 0 Å². The van der Waals surface area contributed by atoms with Crippen LogP contribution in [0.2, 0.25) is 0 Å². The summed E-state index contributed by atoms with van der Waals surface area (Å²) in [6.45, 7) is 0. The van der Waals surface area contributed by atoms with E-state index in [1.54, 1.807) is 0 Å². The van der Waals surface area contributed by atoms with Crippen LogP contribution in [0.3, 0.4) is 0 Å². The Hall–Kier alpha value is -1.02. The molecule has 0 unspecified atom stereocenters. The molecule has 1 aromatic carbocycles. The van der Waals surface area contributed by atoms with E-state index in [4.69, 9.17) is 5.41 Å². The smallest absolute Gasteiger partial charge is 0.0719 e. The van der Waals surface area contributed by atoms with Crippen molar-refractivity contribution in [3.8, 4) is 0 Å². The molecule has 0 aromatic heterocycles. The SMILES string of the molecule is N=C(C=S)c1ccccc1. The van der Waals surface area contributed by atoms with Crippen molar-refractivity contribution < 1.29 is 0 Å². The maximum atomic E-state index is 7.32. The summed E-state index contributed by atoms with van der Waals surface area (Å²) < 4.78 is 0. The van der Waals surface area contributed by atoms with Crippen molar-refractivity contribution >= 4 is 23.3 Å². The Labute approximate surface area is 65.2 Å². The highest BCUT2D eigenvalue weighted by molar-refractivity contribution is 7.80. The second-order valence-electron chi connectivity index (χ2n) is 1.90. The fraction of sp³-hybridized carbons (Fsp3) is 0. The summed E-state index contributed by atoms with van der Waals surface area (Å²) >= 11 is 4.61. The summed E-state index contributed by atoms with van der Waals surface area (Å²) in [6.07, 6.45) is 0. The lowest BCUT2D eigenvalue weighted by Crippen LogP contribution is -1.96. The molecule has 0 aliphatic rings. The first kappa shape index (κ1) is 7.09. The van der Waals surface area contributed by atoms with Gasteiger partial charge in [-0.3, -0.25) is 5.41 Å². The van der Waals surface area contributed by atoms with E-state index in [1.807, 2.05) is 30.3 Å². The Morgan fingerprint density at radius 2 is 1.90 bits per heavy atom. The number of benzene rings is 1. The topological polar surface area (TPSA) is 23.9 Å².